The van der Waals surface area contributed by atoms with Crippen molar-refractivity contribution in [3.05, 3.63) is 77.4 Å². The Hall–Kier alpha value is -2.50. The van der Waals surface area contributed by atoms with Gasteiger partial charge in [0.2, 0.25) is 5.91 Å². The number of carbonyl (C=O) groups excluding carboxylic acids is 1. The highest BCUT2D eigenvalue weighted by molar-refractivity contribution is 7.13. The number of amides is 1. The molecule has 3 aromatic rings. The number of thiophene rings is 1. The van der Waals surface area contributed by atoms with Crippen LogP contribution in [0.5, 0.6) is 0 Å². The number of piperidine rings is 1. The second-order valence-electron chi connectivity index (χ2n) is 8.48. The molecule has 0 atom stereocenters. The number of carbonyl (C=O) groups is 1. The van der Waals surface area contributed by atoms with E-state index in [9.17, 15) is 4.79 Å². The second kappa shape index (κ2) is 10.2. The number of rotatable bonds is 8. The van der Waals surface area contributed by atoms with Crippen molar-refractivity contribution in [3.8, 4) is 10.4 Å². The quantitative estimate of drug-likeness (QED) is 0.534. The molecule has 0 radical (unpaired) electrons. The molecule has 1 N–H and O–H groups in total. The van der Waals surface area contributed by atoms with Crippen LogP contribution < -0.4 is 5.32 Å². The predicted octanol–water partition coefficient (Wildman–Crippen LogP) is 5.16. The fourth-order valence-electron chi connectivity index (χ4n) is 4.51. The topological polar surface area (TPSA) is 45.2 Å². The van der Waals surface area contributed by atoms with Crippen LogP contribution in [-0.4, -0.2) is 35.4 Å². The minimum Gasteiger partial charge on any atom is -0.356 e. The maximum atomic E-state index is 13.4. The third-order valence-electron chi connectivity index (χ3n) is 6.32. The summed E-state index contributed by atoms with van der Waals surface area (Å²) in [5.74, 6) is 0.221. The van der Waals surface area contributed by atoms with Gasteiger partial charge in [-0.15, -0.1) is 11.3 Å². The summed E-state index contributed by atoms with van der Waals surface area (Å²) in [5, 5.41) is 5.34. The Balaban J connectivity index is 1.54. The van der Waals surface area contributed by atoms with Crippen LogP contribution in [-0.2, 0) is 17.8 Å². The highest BCUT2D eigenvalue weighted by Crippen LogP contribution is 2.39. The first-order chi connectivity index (χ1) is 15.2. The molecule has 0 bridgehead atoms. The van der Waals surface area contributed by atoms with Crippen molar-refractivity contribution in [2.45, 2.75) is 39.2 Å². The molecule has 0 saturated carbocycles. The van der Waals surface area contributed by atoms with Crippen LogP contribution in [0.3, 0.4) is 0 Å². The fourth-order valence-corrected chi connectivity index (χ4v) is 5.29. The average Bonchev–Trinajstić information content (AvgIpc) is 3.35. The van der Waals surface area contributed by atoms with Crippen LogP contribution in [0.4, 0.5) is 0 Å². The number of hydrogen-bond acceptors (Lipinski definition) is 4. The first-order valence-corrected chi connectivity index (χ1v) is 12.1. The van der Waals surface area contributed by atoms with E-state index in [-0.39, 0.29) is 11.3 Å². The van der Waals surface area contributed by atoms with Crippen LogP contribution in [0, 0.1) is 5.41 Å². The molecule has 1 amide bonds. The lowest BCUT2D eigenvalue weighted by molar-refractivity contribution is -0.134. The SMILES string of the molecule is CCCNC(=O)C1(Cc2ccccc2-c2cccs2)CCN(Cc2ccncc2)CC1. The van der Waals surface area contributed by atoms with E-state index < -0.39 is 0 Å². The molecule has 0 aliphatic carbocycles. The minimum absolute atomic E-state index is 0.221. The molecule has 31 heavy (non-hydrogen) atoms. The van der Waals surface area contributed by atoms with E-state index in [0.717, 1.165) is 51.9 Å². The first-order valence-electron chi connectivity index (χ1n) is 11.2. The Kier molecular flexibility index (Phi) is 7.15. The molecular weight excluding hydrogens is 402 g/mol. The van der Waals surface area contributed by atoms with E-state index in [0.29, 0.717) is 0 Å². The summed E-state index contributed by atoms with van der Waals surface area (Å²) >= 11 is 1.76. The number of aromatic nitrogens is 1. The molecule has 1 aliphatic rings. The lowest BCUT2D eigenvalue weighted by Gasteiger charge is -2.41. The van der Waals surface area contributed by atoms with Crippen molar-refractivity contribution in [1.29, 1.82) is 0 Å². The summed E-state index contributed by atoms with van der Waals surface area (Å²) in [5.41, 5.74) is 3.47. The normalized spacial score (nSPS) is 16.2. The molecule has 1 aliphatic heterocycles. The Morgan fingerprint density at radius 3 is 2.58 bits per heavy atom. The zero-order valence-electron chi connectivity index (χ0n) is 18.2. The molecule has 0 unspecified atom stereocenters. The maximum absolute atomic E-state index is 13.4. The zero-order valence-corrected chi connectivity index (χ0v) is 19.0. The molecular formula is C26H31N3OS. The molecule has 4 nitrogen and oxygen atoms in total. The maximum Gasteiger partial charge on any atom is 0.226 e. The second-order valence-corrected chi connectivity index (χ2v) is 9.43. The smallest absolute Gasteiger partial charge is 0.226 e. The Morgan fingerprint density at radius 1 is 1.10 bits per heavy atom. The zero-order chi connectivity index (χ0) is 21.5. The van der Waals surface area contributed by atoms with E-state index in [4.69, 9.17) is 0 Å². The fraction of sp³-hybridized carbons (Fsp3) is 0.385. The molecule has 1 aromatic carbocycles. The van der Waals surface area contributed by atoms with Gasteiger partial charge in [0.05, 0.1) is 5.41 Å². The van der Waals surface area contributed by atoms with Gasteiger partial charge >= 0.3 is 0 Å². The highest BCUT2D eigenvalue weighted by atomic mass is 32.1. The molecule has 1 fully saturated rings. The van der Waals surface area contributed by atoms with Crippen molar-refractivity contribution >= 4 is 17.2 Å². The molecule has 1 saturated heterocycles. The Bertz CT molecular complexity index is 963. The molecule has 3 heterocycles. The van der Waals surface area contributed by atoms with E-state index in [2.05, 4.69) is 76.0 Å². The number of nitrogens with one attached hydrogen (secondary N) is 1. The van der Waals surface area contributed by atoms with Crippen LogP contribution in [0.1, 0.15) is 37.3 Å². The monoisotopic (exact) mass is 433 g/mol. The summed E-state index contributed by atoms with van der Waals surface area (Å²) in [7, 11) is 0. The largest absolute Gasteiger partial charge is 0.356 e. The molecule has 0 spiro atoms. The van der Waals surface area contributed by atoms with E-state index >= 15 is 0 Å². The number of hydrogen-bond donors (Lipinski definition) is 1. The summed E-state index contributed by atoms with van der Waals surface area (Å²) in [4.78, 5) is 21.3. The summed E-state index contributed by atoms with van der Waals surface area (Å²) in [6.07, 6.45) is 7.22. The van der Waals surface area contributed by atoms with Crippen LogP contribution in [0.2, 0.25) is 0 Å². The number of benzene rings is 1. The van der Waals surface area contributed by atoms with Gasteiger partial charge in [-0.2, -0.15) is 0 Å². The first kappa shape index (κ1) is 21.7. The average molecular weight is 434 g/mol. The van der Waals surface area contributed by atoms with Crippen LogP contribution >= 0.6 is 11.3 Å². The lowest BCUT2D eigenvalue weighted by atomic mass is 9.72. The van der Waals surface area contributed by atoms with Crippen LogP contribution in [0.15, 0.2) is 66.3 Å². The van der Waals surface area contributed by atoms with Crippen molar-refractivity contribution in [3.63, 3.8) is 0 Å². The van der Waals surface area contributed by atoms with Gasteiger partial charge in [-0.25, -0.2) is 0 Å². The Labute approximate surface area is 189 Å². The van der Waals surface area contributed by atoms with Gasteiger partial charge in [-0.05, 0) is 79.0 Å². The summed E-state index contributed by atoms with van der Waals surface area (Å²) in [6, 6.07) is 17.0. The van der Waals surface area contributed by atoms with Gasteiger partial charge in [0.15, 0.2) is 0 Å². The van der Waals surface area contributed by atoms with Gasteiger partial charge in [0.25, 0.3) is 0 Å². The van der Waals surface area contributed by atoms with Crippen LogP contribution in [0.25, 0.3) is 10.4 Å². The van der Waals surface area contributed by atoms with Crippen molar-refractivity contribution in [1.82, 2.24) is 15.2 Å². The summed E-state index contributed by atoms with van der Waals surface area (Å²) < 4.78 is 0. The number of pyridine rings is 1. The van der Waals surface area contributed by atoms with Crippen molar-refractivity contribution < 1.29 is 4.79 Å². The van der Waals surface area contributed by atoms with Gasteiger partial charge in [-0.1, -0.05) is 37.3 Å². The Morgan fingerprint density at radius 2 is 1.87 bits per heavy atom. The minimum atomic E-state index is -0.350. The van der Waals surface area contributed by atoms with Gasteiger partial charge in [-0.3, -0.25) is 14.7 Å². The van der Waals surface area contributed by atoms with E-state index in [1.54, 1.807) is 11.3 Å². The highest BCUT2D eigenvalue weighted by Gasteiger charge is 2.41. The third kappa shape index (κ3) is 5.23. The number of likely N-dealkylation sites (tertiary alicyclic amines) is 1. The lowest BCUT2D eigenvalue weighted by Crippen LogP contribution is -2.50. The van der Waals surface area contributed by atoms with E-state index in [1.165, 1.54) is 21.6 Å². The van der Waals surface area contributed by atoms with Gasteiger partial charge in [0, 0.05) is 30.4 Å². The molecule has 4 rings (SSSR count). The molecule has 2 aromatic heterocycles. The third-order valence-corrected chi connectivity index (χ3v) is 7.22. The van der Waals surface area contributed by atoms with Gasteiger partial charge in [0.1, 0.15) is 0 Å². The van der Waals surface area contributed by atoms with Gasteiger partial charge < -0.3 is 5.32 Å². The van der Waals surface area contributed by atoms with Crippen molar-refractivity contribution in [2.24, 2.45) is 5.41 Å². The molecule has 162 valence electrons. The molecule has 5 heteroatoms. The van der Waals surface area contributed by atoms with Crippen molar-refractivity contribution in [2.75, 3.05) is 19.6 Å². The van der Waals surface area contributed by atoms with E-state index in [1.807, 2.05) is 12.4 Å². The predicted molar refractivity (Wildman–Crippen MR) is 128 cm³/mol. The number of nitrogens with zero attached hydrogens (tertiary/aromatic N) is 2. The summed E-state index contributed by atoms with van der Waals surface area (Å²) in [6.45, 7) is 5.64. The standard InChI is InChI=1S/C26H31N3OS/c1-2-13-28-25(30)26(11-16-29(17-12-26)20-21-9-14-27-15-10-21)19-22-6-3-4-7-23(22)24-8-5-18-31-24/h3-10,14-15,18H,2,11-13,16-17,19-20H2,1H3,(H,28,30).